The summed E-state index contributed by atoms with van der Waals surface area (Å²) in [5.41, 5.74) is 5.72. The molecular formula is C34H39FN2O4. The molecule has 0 radical (unpaired) electrons. The molecule has 0 spiro atoms. The molecule has 0 amide bonds. The summed E-state index contributed by atoms with van der Waals surface area (Å²) in [5.74, 6) is 0.127. The molecule has 0 bridgehead atoms. The SMILES string of the molecule is COc1cc(-c2ccc([C@H]3CCc4ccc([C@H](C5CC5)[C@H](C)C(=O)O)cc4O3)cc2CN2CCCCC2)c(F)cn1. The Balaban J connectivity index is 1.31. The lowest BCUT2D eigenvalue weighted by Crippen LogP contribution is -2.29. The van der Waals surface area contributed by atoms with Gasteiger partial charge >= 0.3 is 5.97 Å². The lowest BCUT2D eigenvalue weighted by molar-refractivity contribution is -0.142. The topological polar surface area (TPSA) is 71.9 Å². The number of carboxylic acids is 1. The first-order valence-corrected chi connectivity index (χ1v) is 15.0. The Hall–Kier alpha value is -3.45. The summed E-state index contributed by atoms with van der Waals surface area (Å²) < 4.78 is 27.0. The predicted octanol–water partition coefficient (Wildman–Crippen LogP) is 7.16. The summed E-state index contributed by atoms with van der Waals surface area (Å²) >= 11 is 0. The molecule has 2 fully saturated rings. The van der Waals surface area contributed by atoms with Crippen LogP contribution in [-0.4, -0.2) is 41.2 Å². The summed E-state index contributed by atoms with van der Waals surface area (Å²) in [6.07, 6.45) is 8.62. The summed E-state index contributed by atoms with van der Waals surface area (Å²) in [7, 11) is 1.54. The Morgan fingerprint density at radius 1 is 1.10 bits per heavy atom. The summed E-state index contributed by atoms with van der Waals surface area (Å²) in [6, 6.07) is 14.2. The number of benzene rings is 2. The van der Waals surface area contributed by atoms with Crippen molar-refractivity contribution in [3.8, 4) is 22.8 Å². The molecule has 6 rings (SSSR count). The molecule has 1 aliphatic carbocycles. The van der Waals surface area contributed by atoms with Crippen LogP contribution in [0.2, 0.25) is 0 Å². The Labute approximate surface area is 241 Å². The van der Waals surface area contributed by atoms with Gasteiger partial charge in [0, 0.05) is 18.2 Å². The first-order valence-electron chi connectivity index (χ1n) is 15.0. The van der Waals surface area contributed by atoms with Crippen molar-refractivity contribution in [2.45, 2.75) is 70.4 Å². The number of carbonyl (C=O) groups is 1. The van der Waals surface area contributed by atoms with Gasteiger partial charge in [-0.25, -0.2) is 9.37 Å². The Morgan fingerprint density at radius 2 is 1.90 bits per heavy atom. The van der Waals surface area contributed by atoms with Crippen LogP contribution in [0.15, 0.2) is 48.7 Å². The lowest BCUT2D eigenvalue weighted by Gasteiger charge is -2.30. The van der Waals surface area contributed by atoms with Crippen molar-refractivity contribution in [1.82, 2.24) is 9.88 Å². The first-order chi connectivity index (χ1) is 19.9. The second-order valence-corrected chi connectivity index (χ2v) is 12.0. The molecule has 216 valence electrons. The Bertz CT molecular complexity index is 1420. The first kappa shape index (κ1) is 27.7. The fourth-order valence-electron chi connectivity index (χ4n) is 6.71. The minimum absolute atomic E-state index is 0.00413. The predicted molar refractivity (Wildman–Crippen MR) is 156 cm³/mol. The van der Waals surface area contributed by atoms with Crippen LogP contribution in [0.4, 0.5) is 4.39 Å². The number of hydrogen-bond acceptors (Lipinski definition) is 5. The number of rotatable bonds is 9. The zero-order valence-electron chi connectivity index (χ0n) is 23.9. The molecule has 3 heterocycles. The highest BCUT2D eigenvalue weighted by atomic mass is 19.1. The number of carboxylic acid groups (broad SMARTS) is 1. The van der Waals surface area contributed by atoms with Gasteiger partial charge in [-0.1, -0.05) is 43.7 Å². The normalized spacial score (nSPS) is 20.5. The van der Waals surface area contributed by atoms with E-state index in [1.54, 1.807) is 13.2 Å². The number of piperidine rings is 1. The molecule has 3 aliphatic rings. The molecule has 6 nitrogen and oxygen atoms in total. The van der Waals surface area contributed by atoms with Crippen LogP contribution in [0.3, 0.4) is 0 Å². The Morgan fingerprint density at radius 3 is 2.63 bits per heavy atom. The molecule has 2 aromatic carbocycles. The molecule has 3 atom stereocenters. The van der Waals surface area contributed by atoms with Crippen molar-refractivity contribution in [2.24, 2.45) is 11.8 Å². The molecule has 1 saturated carbocycles. The number of fused-ring (bicyclic) bond motifs is 1. The van der Waals surface area contributed by atoms with Crippen molar-refractivity contribution in [2.75, 3.05) is 20.2 Å². The van der Waals surface area contributed by atoms with Gasteiger partial charge in [0.05, 0.1) is 19.2 Å². The van der Waals surface area contributed by atoms with Crippen LogP contribution in [0, 0.1) is 17.7 Å². The minimum atomic E-state index is -0.747. The number of hydrogen-bond donors (Lipinski definition) is 1. The van der Waals surface area contributed by atoms with Crippen LogP contribution in [0.1, 0.15) is 79.7 Å². The van der Waals surface area contributed by atoms with Crippen LogP contribution in [-0.2, 0) is 17.8 Å². The summed E-state index contributed by atoms with van der Waals surface area (Å²) in [6.45, 7) is 4.65. The van der Waals surface area contributed by atoms with E-state index in [4.69, 9.17) is 9.47 Å². The Kier molecular flexibility index (Phi) is 7.98. The van der Waals surface area contributed by atoms with E-state index >= 15 is 4.39 Å². The number of aliphatic carboxylic acids is 1. The average molecular weight is 559 g/mol. The smallest absolute Gasteiger partial charge is 0.306 e. The molecule has 7 heteroatoms. The third kappa shape index (κ3) is 5.96. The monoisotopic (exact) mass is 558 g/mol. The fraction of sp³-hybridized carbons (Fsp3) is 0.471. The lowest BCUT2D eigenvalue weighted by atomic mass is 9.82. The molecule has 0 unspecified atom stereocenters. The van der Waals surface area contributed by atoms with E-state index in [1.807, 2.05) is 13.0 Å². The number of ether oxygens (including phenoxy) is 2. The molecular weight excluding hydrogens is 519 g/mol. The van der Waals surface area contributed by atoms with Gasteiger partial charge in [-0.15, -0.1) is 0 Å². The number of aromatic nitrogens is 1. The zero-order valence-corrected chi connectivity index (χ0v) is 23.9. The second-order valence-electron chi connectivity index (χ2n) is 12.0. The number of likely N-dealkylation sites (tertiary alicyclic amines) is 1. The number of halogens is 1. The van der Waals surface area contributed by atoms with Crippen molar-refractivity contribution < 1.29 is 23.8 Å². The van der Waals surface area contributed by atoms with Gasteiger partial charge in [0.25, 0.3) is 0 Å². The maximum Gasteiger partial charge on any atom is 0.306 e. The van der Waals surface area contributed by atoms with Crippen molar-refractivity contribution >= 4 is 5.97 Å². The van der Waals surface area contributed by atoms with Crippen molar-refractivity contribution in [1.29, 1.82) is 0 Å². The van der Waals surface area contributed by atoms with Crippen LogP contribution in [0.25, 0.3) is 11.1 Å². The van der Waals surface area contributed by atoms with Crippen LogP contribution >= 0.6 is 0 Å². The van der Waals surface area contributed by atoms with Crippen LogP contribution < -0.4 is 9.47 Å². The molecule has 1 N–H and O–H groups in total. The van der Waals surface area contributed by atoms with Gasteiger partial charge in [0.2, 0.25) is 5.88 Å². The molecule has 1 saturated heterocycles. The fourth-order valence-corrected chi connectivity index (χ4v) is 6.71. The van der Waals surface area contributed by atoms with E-state index in [1.165, 1.54) is 31.0 Å². The average Bonchev–Trinajstić information content (AvgIpc) is 3.83. The molecule has 1 aromatic heterocycles. The standard InChI is InChI=1S/C34H39FN2O4/c1-21(34(38)39)33(23-7-8-23)25-9-6-22-11-13-30(41-31(22)17-25)24-10-12-27(28-18-32(40-2)36-19-29(28)35)26(16-24)20-37-14-4-3-5-15-37/h6,9-10,12,16-19,21,23,30,33H,3-5,7-8,11,13-15,20H2,1-2H3,(H,38,39)/t21-,30+,33-/m0/s1. The maximum atomic E-state index is 15.0. The van der Waals surface area contributed by atoms with Crippen molar-refractivity contribution in [3.05, 3.63) is 76.7 Å². The summed E-state index contributed by atoms with van der Waals surface area (Å²) in [4.78, 5) is 18.4. The maximum absolute atomic E-state index is 15.0. The highest BCUT2D eigenvalue weighted by molar-refractivity contribution is 5.71. The van der Waals surface area contributed by atoms with E-state index < -0.39 is 11.9 Å². The number of pyridine rings is 1. The van der Waals surface area contributed by atoms with Crippen LogP contribution in [0.5, 0.6) is 11.6 Å². The van der Waals surface area contributed by atoms with Gasteiger partial charge < -0.3 is 14.6 Å². The largest absolute Gasteiger partial charge is 0.485 e. The highest BCUT2D eigenvalue weighted by Gasteiger charge is 2.39. The number of aryl methyl sites for hydroxylation is 1. The molecule has 41 heavy (non-hydrogen) atoms. The van der Waals surface area contributed by atoms with Gasteiger partial charge in [0.1, 0.15) is 17.7 Å². The van der Waals surface area contributed by atoms with E-state index in [2.05, 4.69) is 40.2 Å². The van der Waals surface area contributed by atoms with Gasteiger partial charge in [-0.3, -0.25) is 9.69 Å². The van der Waals surface area contributed by atoms with E-state index in [0.717, 1.165) is 73.3 Å². The minimum Gasteiger partial charge on any atom is -0.485 e. The second kappa shape index (κ2) is 11.8. The number of nitrogens with zero attached hydrogens (tertiary/aromatic N) is 2. The van der Waals surface area contributed by atoms with E-state index in [-0.39, 0.29) is 17.8 Å². The van der Waals surface area contributed by atoms with E-state index in [9.17, 15) is 9.90 Å². The highest BCUT2D eigenvalue weighted by Crippen LogP contribution is 2.48. The molecule has 3 aromatic rings. The zero-order chi connectivity index (χ0) is 28.5. The van der Waals surface area contributed by atoms with E-state index in [0.29, 0.717) is 17.4 Å². The number of methoxy groups -OCH3 is 1. The third-order valence-corrected chi connectivity index (χ3v) is 9.15. The molecule has 2 aliphatic heterocycles. The van der Waals surface area contributed by atoms with Gasteiger partial charge in [-0.05, 0) is 97.3 Å². The van der Waals surface area contributed by atoms with Gasteiger partial charge in [0.15, 0.2) is 0 Å². The summed E-state index contributed by atoms with van der Waals surface area (Å²) in [5, 5.41) is 9.75. The quantitative estimate of drug-likeness (QED) is 0.300. The third-order valence-electron chi connectivity index (χ3n) is 9.15. The van der Waals surface area contributed by atoms with Gasteiger partial charge in [-0.2, -0.15) is 0 Å². The van der Waals surface area contributed by atoms with Crippen molar-refractivity contribution in [3.63, 3.8) is 0 Å².